The second kappa shape index (κ2) is 6.52. The molecule has 0 bridgehead atoms. The molecule has 0 aliphatic heterocycles. The van der Waals surface area contributed by atoms with Crippen LogP contribution in [0.1, 0.15) is 20.8 Å². The van der Waals surface area contributed by atoms with E-state index in [4.69, 9.17) is 16.0 Å². The molecule has 120 valence electrons. The van der Waals surface area contributed by atoms with Gasteiger partial charge in [-0.3, -0.25) is 0 Å². The third kappa shape index (κ3) is 3.77. The minimum absolute atomic E-state index is 0.209. The van der Waals surface area contributed by atoms with Crippen molar-refractivity contribution in [3.05, 3.63) is 35.5 Å². The molecule has 0 spiro atoms. The zero-order valence-corrected chi connectivity index (χ0v) is 15.7. The molecule has 0 fully saturated rings. The van der Waals surface area contributed by atoms with E-state index in [0.29, 0.717) is 18.2 Å². The second-order valence-electron chi connectivity index (χ2n) is 6.93. The van der Waals surface area contributed by atoms with Gasteiger partial charge < -0.3 is 4.43 Å². The summed E-state index contributed by atoms with van der Waals surface area (Å²) in [5.74, 6) is 0. The van der Waals surface area contributed by atoms with Gasteiger partial charge in [0.25, 0.3) is 0 Å². The van der Waals surface area contributed by atoms with E-state index in [1.165, 1.54) is 0 Å². The highest BCUT2D eigenvalue weighted by Gasteiger charge is 2.36. The first kappa shape index (κ1) is 17.2. The number of hydrogen-bond donors (Lipinski definition) is 0. The molecule has 4 nitrogen and oxygen atoms in total. The Morgan fingerprint density at radius 3 is 2.55 bits per heavy atom. The molecule has 1 aromatic heterocycles. The van der Waals surface area contributed by atoms with Crippen LogP contribution in [-0.4, -0.2) is 29.9 Å². The van der Waals surface area contributed by atoms with Crippen molar-refractivity contribution in [3.8, 4) is 11.3 Å². The van der Waals surface area contributed by atoms with E-state index in [2.05, 4.69) is 44.2 Å². The number of halogens is 1. The van der Waals surface area contributed by atoms with E-state index in [9.17, 15) is 0 Å². The molecule has 0 amide bonds. The number of aromatic nitrogens is 3. The summed E-state index contributed by atoms with van der Waals surface area (Å²) in [6, 6.07) is 7.73. The Balaban J connectivity index is 2.08. The quantitative estimate of drug-likeness (QED) is 0.747. The van der Waals surface area contributed by atoms with Crippen molar-refractivity contribution in [2.24, 2.45) is 0 Å². The van der Waals surface area contributed by atoms with E-state index in [0.717, 1.165) is 11.3 Å². The summed E-state index contributed by atoms with van der Waals surface area (Å²) >= 11 is 6.26. The first-order chi connectivity index (χ1) is 10.2. The summed E-state index contributed by atoms with van der Waals surface area (Å²) in [5.41, 5.74) is 1.87. The van der Waals surface area contributed by atoms with E-state index in [1.54, 1.807) is 6.20 Å². The first-order valence-corrected chi connectivity index (χ1v) is 10.8. The Bertz CT molecular complexity index is 634. The lowest BCUT2D eigenvalue weighted by Gasteiger charge is -2.36. The fourth-order valence-electron chi connectivity index (χ4n) is 1.90. The molecule has 6 heteroatoms. The van der Waals surface area contributed by atoms with Gasteiger partial charge in [-0.15, -0.1) is 5.10 Å². The molecular formula is C16H24ClN3OSi. The Kier molecular flexibility index (Phi) is 5.09. The highest BCUT2D eigenvalue weighted by molar-refractivity contribution is 6.74. The van der Waals surface area contributed by atoms with Crippen LogP contribution >= 0.6 is 11.6 Å². The fourth-order valence-corrected chi connectivity index (χ4v) is 3.17. The van der Waals surface area contributed by atoms with Gasteiger partial charge in [0.15, 0.2) is 8.32 Å². The normalized spacial score (nSPS) is 12.6. The van der Waals surface area contributed by atoms with Gasteiger partial charge in [0.1, 0.15) is 0 Å². The standard InChI is InChI=1S/C16H24ClN3OSi/c1-16(2,3)22(4,5)21-11-10-20-15(12-18-19-20)13-8-6-7-9-14(13)17/h6-9,12H,10-11H2,1-5H3. The summed E-state index contributed by atoms with van der Waals surface area (Å²) < 4.78 is 8.06. The van der Waals surface area contributed by atoms with Gasteiger partial charge in [-0.2, -0.15) is 0 Å². The van der Waals surface area contributed by atoms with Gasteiger partial charge in [0.2, 0.25) is 0 Å². The van der Waals surface area contributed by atoms with Crippen molar-refractivity contribution in [2.45, 2.75) is 45.4 Å². The maximum atomic E-state index is 6.26. The summed E-state index contributed by atoms with van der Waals surface area (Å²) in [6.45, 7) is 12.5. The van der Waals surface area contributed by atoms with Gasteiger partial charge in [0.05, 0.1) is 30.1 Å². The number of hydrogen-bond acceptors (Lipinski definition) is 3. The van der Waals surface area contributed by atoms with E-state index in [-0.39, 0.29) is 5.04 Å². The van der Waals surface area contributed by atoms with Gasteiger partial charge in [0, 0.05) is 5.56 Å². The fraction of sp³-hybridized carbons (Fsp3) is 0.500. The molecule has 0 radical (unpaired) electrons. The number of rotatable bonds is 5. The van der Waals surface area contributed by atoms with Gasteiger partial charge in [-0.05, 0) is 24.2 Å². The minimum Gasteiger partial charge on any atom is -0.415 e. The molecule has 2 rings (SSSR count). The summed E-state index contributed by atoms with van der Waals surface area (Å²) in [7, 11) is -1.73. The molecular weight excluding hydrogens is 314 g/mol. The van der Waals surface area contributed by atoms with Crippen molar-refractivity contribution in [3.63, 3.8) is 0 Å². The average molecular weight is 338 g/mol. The van der Waals surface area contributed by atoms with E-state index < -0.39 is 8.32 Å². The number of benzene rings is 1. The van der Waals surface area contributed by atoms with Gasteiger partial charge in [-0.1, -0.05) is 55.8 Å². The first-order valence-electron chi connectivity index (χ1n) is 7.50. The highest BCUT2D eigenvalue weighted by Crippen LogP contribution is 2.36. The van der Waals surface area contributed by atoms with Crippen LogP contribution in [0.15, 0.2) is 30.5 Å². The van der Waals surface area contributed by atoms with Crippen molar-refractivity contribution < 1.29 is 4.43 Å². The molecule has 2 aromatic rings. The van der Waals surface area contributed by atoms with Crippen molar-refractivity contribution in [1.82, 2.24) is 15.0 Å². The molecule has 1 heterocycles. The van der Waals surface area contributed by atoms with Crippen LogP contribution in [0.5, 0.6) is 0 Å². The van der Waals surface area contributed by atoms with Crippen LogP contribution in [0.25, 0.3) is 11.3 Å². The Morgan fingerprint density at radius 2 is 1.91 bits per heavy atom. The predicted octanol–water partition coefficient (Wildman–Crippen LogP) is 4.62. The monoisotopic (exact) mass is 337 g/mol. The zero-order chi connectivity index (χ0) is 16.4. The maximum Gasteiger partial charge on any atom is 0.192 e. The van der Waals surface area contributed by atoms with Crippen LogP contribution in [0.4, 0.5) is 0 Å². The highest BCUT2D eigenvalue weighted by atomic mass is 35.5. The molecule has 0 atom stereocenters. The molecule has 22 heavy (non-hydrogen) atoms. The Hall–Kier alpha value is -1.17. The van der Waals surface area contributed by atoms with Gasteiger partial charge >= 0.3 is 0 Å². The SMILES string of the molecule is CC(C)(C)[Si](C)(C)OCCn1nncc1-c1ccccc1Cl. The molecule has 0 aliphatic carbocycles. The van der Waals surface area contributed by atoms with Crippen LogP contribution in [0.2, 0.25) is 23.2 Å². The lowest BCUT2D eigenvalue weighted by atomic mass is 10.2. The van der Waals surface area contributed by atoms with Crippen LogP contribution in [0, 0.1) is 0 Å². The van der Waals surface area contributed by atoms with Crippen LogP contribution < -0.4 is 0 Å². The van der Waals surface area contributed by atoms with Gasteiger partial charge in [-0.25, -0.2) is 4.68 Å². The largest absolute Gasteiger partial charge is 0.415 e. The molecule has 0 unspecified atom stereocenters. The lowest BCUT2D eigenvalue weighted by Crippen LogP contribution is -2.41. The summed E-state index contributed by atoms with van der Waals surface area (Å²) in [4.78, 5) is 0. The van der Waals surface area contributed by atoms with E-state index in [1.807, 2.05) is 28.9 Å². The Labute approximate surface area is 138 Å². The summed E-state index contributed by atoms with van der Waals surface area (Å²) in [6.07, 6.45) is 1.74. The minimum atomic E-state index is -1.73. The smallest absolute Gasteiger partial charge is 0.192 e. The molecule has 0 N–H and O–H groups in total. The maximum absolute atomic E-state index is 6.26. The predicted molar refractivity (Wildman–Crippen MR) is 93.6 cm³/mol. The third-order valence-corrected chi connectivity index (χ3v) is 9.21. The van der Waals surface area contributed by atoms with Crippen molar-refractivity contribution in [1.29, 1.82) is 0 Å². The van der Waals surface area contributed by atoms with Crippen LogP contribution in [-0.2, 0) is 11.0 Å². The Morgan fingerprint density at radius 1 is 1.23 bits per heavy atom. The lowest BCUT2D eigenvalue weighted by molar-refractivity contribution is 0.265. The van der Waals surface area contributed by atoms with Crippen LogP contribution in [0.3, 0.4) is 0 Å². The topological polar surface area (TPSA) is 39.9 Å². The van der Waals surface area contributed by atoms with E-state index >= 15 is 0 Å². The van der Waals surface area contributed by atoms with Crippen molar-refractivity contribution in [2.75, 3.05) is 6.61 Å². The van der Waals surface area contributed by atoms with Crippen molar-refractivity contribution >= 4 is 19.9 Å². The third-order valence-electron chi connectivity index (χ3n) is 4.34. The zero-order valence-electron chi connectivity index (χ0n) is 13.9. The summed E-state index contributed by atoms with van der Waals surface area (Å²) in [5, 5.41) is 9.09. The number of nitrogens with zero attached hydrogens (tertiary/aromatic N) is 3. The molecule has 0 saturated carbocycles. The molecule has 1 aromatic carbocycles. The molecule has 0 aliphatic rings. The molecule has 0 saturated heterocycles. The second-order valence-corrected chi connectivity index (χ2v) is 12.1. The average Bonchev–Trinajstić information content (AvgIpc) is 2.86.